The molecule has 1 amide bonds. The average Bonchev–Trinajstić information content (AvgIpc) is 2.23. The maximum absolute atomic E-state index is 12.1. The normalized spacial score (nSPS) is 23.3. The Balaban J connectivity index is 2.52. The van der Waals surface area contributed by atoms with Crippen LogP contribution < -0.4 is 10.6 Å². The van der Waals surface area contributed by atoms with Gasteiger partial charge in [-0.1, -0.05) is 0 Å². The van der Waals surface area contributed by atoms with E-state index in [1.807, 2.05) is 0 Å². The summed E-state index contributed by atoms with van der Waals surface area (Å²) in [5.41, 5.74) is 0.102. The lowest BCUT2D eigenvalue weighted by atomic mass is 9.74. The Bertz CT molecular complexity index is 313. The molecule has 1 heterocycles. The zero-order chi connectivity index (χ0) is 15.4. The summed E-state index contributed by atoms with van der Waals surface area (Å²) in [6.45, 7) is 8.97. The lowest BCUT2D eigenvalue weighted by molar-refractivity contribution is -0.124. The smallest absolute Gasteiger partial charge is 0.220 e. The van der Waals surface area contributed by atoms with E-state index in [1.54, 1.807) is 7.11 Å². The van der Waals surface area contributed by atoms with Crippen LogP contribution in [0, 0.1) is 5.92 Å². The molecule has 0 aromatic heterocycles. The molecule has 0 spiro atoms. The second kappa shape index (κ2) is 6.87. The summed E-state index contributed by atoms with van der Waals surface area (Å²) in [6.07, 6.45) is 2.48. The maximum atomic E-state index is 12.1. The Labute approximate surface area is 122 Å². The third-order valence-electron chi connectivity index (χ3n) is 3.70. The van der Waals surface area contributed by atoms with Crippen LogP contribution in [0.1, 0.15) is 47.0 Å². The van der Waals surface area contributed by atoms with Gasteiger partial charge in [0.25, 0.3) is 0 Å². The second-order valence-corrected chi connectivity index (χ2v) is 7.27. The quantitative estimate of drug-likeness (QED) is 0.683. The van der Waals surface area contributed by atoms with Gasteiger partial charge in [0.1, 0.15) is 0 Å². The van der Waals surface area contributed by atoms with E-state index in [0.29, 0.717) is 18.9 Å². The SMILES string of the molecule is COCC(CO)NC(=O)CC1CC(C)(C)NC(C)(C)C1. The molecule has 0 bridgehead atoms. The fourth-order valence-corrected chi connectivity index (χ4v) is 3.57. The molecule has 1 rings (SSSR count). The van der Waals surface area contributed by atoms with Gasteiger partial charge in [-0.15, -0.1) is 0 Å². The summed E-state index contributed by atoms with van der Waals surface area (Å²) in [5, 5.41) is 15.6. The Hall–Kier alpha value is -0.650. The monoisotopic (exact) mass is 286 g/mol. The van der Waals surface area contributed by atoms with Gasteiger partial charge in [0.2, 0.25) is 5.91 Å². The van der Waals surface area contributed by atoms with E-state index < -0.39 is 0 Å². The minimum atomic E-state index is -0.310. The number of nitrogens with one attached hydrogen (secondary N) is 2. The summed E-state index contributed by atoms with van der Waals surface area (Å²) >= 11 is 0. The number of amides is 1. The van der Waals surface area contributed by atoms with Crippen molar-refractivity contribution in [3.8, 4) is 0 Å². The van der Waals surface area contributed by atoms with Crippen molar-refractivity contribution in [3.63, 3.8) is 0 Å². The van der Waals surface area contributed by atoms with E-state index in [2.05, 4.69) is 38.3 Å². The van der Waals surface area contributed by atoms with Gasteiger partial charge in [-0.25, -0.2) is 0 Å². The van der Waals surface area contributed by atoms with Crippen molar-refractivity contribution in [2.24, 2.45) is 5.92 Å². The van der Waals surface area contributed by atoms with Crippen LogP contribution >= 0.6 is 0 Å². The van der Waals surface area contributed by atoms with Crippen molar-refractivity contribution in [2.45, 2.75) is 64.1 Å². The van der Waals surface area contributed by atoms with Crippen LogP contribution in [0.3, 0.4) is 0 Å². The molecule has 118 valence electrons. The van der Waals surface area contributed by atoms with Crippen molar-refractivity contribution in [3.05, 3.63) is 0 Å². The molecule has 1 saturated heterocycles. The Morgan fingerprint density at radius 1 is 1.35 bits per heavy atom. The Morgan fingerprint density at radius 3 is 2.35 bits per heavy atom. The number of ether oxygens (including phenoxy) is 1. The number of carbonyl (C=O) groups is 1. The van der Waals surface area contributed by atoms with E-state index in [4.69, 9.17) is 4.74 Å². The van der Waals surface area contributed by atoms with Gasteiger partial charge in [0.05, 0.1) is 19.3 Å². The molecule has 0 radical (unpaired) electrons. The molecule has 0 aromatic carbocycles. The number of rotatable bonds is 6. The third kappa shape index (κ3) is 5.77. The predicted octanol–water partition coefficient (Wildman–Crippen LogP) is 1.06. The number of methoxy groups -OCH3 is 1. The van der Waals surface area contributed by atoms with Crippen molar-refractivity contribution >= 4 is 5.91 Å². The minimum absolute atomic E-state index is 0.000370. The molecule has 20 heavy (non-hydrogen) atoms. The molecule has 0 aromatic rings. The molecular formula is C15H30N2O3. The molecular weight excluding hydrogens is 256 g/mol. The molecule has 1 aliphatic heterocycles. The Morgan fingerprint density at radius 2 is 1.90 bits per heavy atom. The molecule has 1 fully saturated rings. The number of aliphatic hydroxyl groups excluding tert-OH is 1. The van der Waals surface area contributed by atoms with Gasteiger partial charge in [0, 0.05) is 24.6 Å². The first kappa shape index (κ1) is 17.4. The second-order valence-electron chi connectivity index (χ2n) is 7.27. The van der Waals surface area contributed by atoms with Gasteiger partial charge in [-0.3, -0.25) is 4.79 Å². The molecule has 5 nitrogen and oxygen atoms in total. The van der Waals surface area contributed by atoms with E-state index >= 15 is 0 Å². The van der Waals surface area contributed by atoms with Crippen LogP contribution in [0.2, 0.25) is 0 Å². The highest BCUT2D eigenvalue weighted by Gasteiger charge is 2.38. The molecule has 1 unspecified atom stereocenters. The molecule has 3 N–H and O–H groups in total. The Kier molecular flexibility index (Phi) is 5.98. The zero-order valence-corrected chi connectivity index (χ0v) is 13.5. The van der Waals surface area contributed by atoms with Gasteiger partial charge in [-0.2, -0.15) is 0 Å². The predicted molar refractivity (Wildman–Crippen MR) is 79.5 cm³/mol. The van der Waals surface area contributed by atoms with Crippen LogP contribution in [0.5, 0.6) is 0 Å². The summed E-state index contributed by atoms with van der Waals surface area (Å²) in [5.74, 6) is 0.364. The van der Waals surface area contributed by atoms with Crippen molar-refractivity contribution in [1.82, 2.24) is 10.6 Å². The number of aliphatic hydroxyl groups is 1. The van der Waals surface area contributed by atoms with Crippen LogP contribution in [0.4, 0.5) is 0 Å². The first-order chi connectivity index (χ1) is 9.17. The van der Waals surface area contributed by atoms with Gasteiger partial charge in [-0.05, 0) is 46.5 Å². The fourth-order valence-electron chi connectivity index (χ4n) is 3.57. The summed E-state index contributed by atoms with van der Waals surface area (Å²) in [7, 11) is 1.56. The summed E-state index contributed by atoms with van der Waals surface area (Å²) in [4.78, 5) is 12.1. The summed E-state index contributed by atoms with van der Waals surface area (Å²) < 4.78 is 4.97. The minimum Gasteiger partial charge on any atom is -0.394 e. The number of piperidine rings is 1. The van der Waals surface area contributed by atoms with Crippen LogP contribution in [0.25, 0.3) is 0 Å². The third-order valence-corrected chi connectivity index (χ3v) is 3.70. The maximum Gasteiger partial charge on any atom is 0.220 e. The van der Waals surface area contributed by atoms with E-state index in [0.717, 1.165) is 12.8 Å². The lowest BCUT2D eigenvalue weighted by Crippen LogP contribution is -2.58. The largest absolute Gasteiger partial charge is 0.394 e. The van der Waals surface area contributed by atoms with E-state index in [9.17, 15) is 9.90 Å². The van der Waals surface area contributed by atoms with Crippen molar-refractivity contribution in [1.29, 1.82) is 0 Å². The molecule has 0 saturated carbocycles. The molecule has 1 atom stereocenters. The van der Waals surface area contributed by atoms with Crippen LogP contribution in [-0.4, -0.2) is 48.5 Å². The van der Waals surface area contributed by atoms with Crippen molar-refractivity contribution in [2.75, 3.05) is 20.3 Å². The highest BCUT2D eigenvalue weighted by atomic mass is 16.5. The highest BCUT2D eigenvalue weighted by Crippen LogP contribution is 2.34. The van der Waals surface area contributed by atoms with Crippen LogP contribution in [0.15, 0.2) is 0 Å². The van der Waals surface area contributed by atoms with Gasteiger partial charge in [0.15, 0.2) is 0 Å². The van der Waals surface area contributed by atoms with E-state index in [1.165, 1.54) is 0 Å². The van der Waals surface area contributed by atoms with Gasteiger partial charge < -0.3 is 20.5 Å². The van der Waals surface area contributed by atoms with Crippen molar-refractivity contribution < 1.29 is 14.6 Å². The standard InChI is InChI=1S/C15H30N2O3/c1-14(2)7-11(8-15(3,4)17-14)6-13(19)16-12(9-18)10-20-5/h11-12,17-18H,6-10H2,1-5H3,(H,16,19). The first-order valence-corrected chi connectivity index (χ1v) is 7.36. The number of carbonyl (C=O) groups excluding carboxylic acids is 1. The fraction of sp³-hybridized carbons (Fsp3) is 0.933. The molecule has 1 aliphatic rings. The molecule has 0 aliphatic carbocycles. The number of hydrogen-bond donors (Lipinski definition) is 3. The summed E-state index contributed by atoms with van der Waals surface area (Å²) in [6, 6.07) is -0.310. The van der Waals surface area contributed by atoms with Gasteiger partial charge >= 0.3 is 0 Å². The average molecular weight is 286 g/mol. The first-order valence-electron chi connectivity index (χ1n) is 7.36. The lowest BCUT2D eigenvalue weighted by Gasteiger charge is -2.46. The number of hydrogen-bond acceptors (Lipinski definition) is 4. The molecule has 5 heteroatoms. The van der Waals surface area contributed by atoms with Crippen LogP contribution in [-0.2, 0) is 9.53 Å². The zero-order valence-electron chi connectivity index (χ0n) is 13.5. The highest BCUT2D eigenvalue weighted by molar-refractivity contribution is 5.76. The van der Waals surface area contributed by atoms with E-state index in [-0.39, 0.29) is 29.6 Å². The topological polar surface area (TPSA) is 70.6 Å².